The fourth-order valence-electron chi connectivity index (χ4n) is 0.861. The van der Waals surface area contributed by atoms with E-state index in [1.807, 2.05) is 0 Å². The third-order valence-electron chi connectivity index (χ3n) is 1.61. The van der Waals surface area contributed by atoms with Crippen molar-refractivity contribution in [2.45, 2.75) is 26.2 Å². The third kappa shape index (κ3) is 1.78. The van der Waals surface area contributed by atoms with Crippen LogP contribution in [0.1, 0.15) is 25.6 Å². The highest BCUT2D eigenvalue weighted by molar-refractivity contribution is 7.10. The van der Waals surface area contributed by atoms with Crippen molar-refractivity contribution >= 4 is 11.3 Å². The van der Waals surface area contributed by atoms with Gasteiger partial charge >= 0.3 is 0 Å². The Morgan fingerprint density at radius 3 is 2.25 bits per heavy atom. The van der Waals surface area contributed by atoms with Crippen LogP contribution in [0.25, 0.3) is 0 Å². The second kappa shape index (κ2) is 3.05. The molecular formula is C9H13FOS. The molecule has 0 atom stereocenters. The van der Waals surface area contributed by atoms with Crippen LogP contribution in [-0.4, -0.2) is 7.11 Å². The Hall–Kier alpha value is -0.570. The molecule has 1 heterocycles. The first kappa shape index (κ1) is 9.52. The number of halogens is 1. The molecule has 0 saturated heterocycles. The molecule has 1 rings (SSSR count). The lowest BCUT2D eigenvalue weighted by Gasteiger charge is -2.14. The molecule has 0 aliphatic rings. The van der Waals surface area contributed by atoms with Crippen molar-refractivity contribution in [2.75, 3.05) is 7.11 Å². The van der Waals surface area contributed by atoms with Crippen molar-refractivity contribution in [3.8, 4) is 5.75 Å². The Labute approximate surface area is 76.2 Å². The number of hydrogen-bond acceptors (Lipinski definition) is 2. The van der Waals surface area contributed by atoms with Gasteiger partial charge in [0.05, 0.1) is 7.11 Å². The van der Waals surface area contributed by atoms with E-state index in [-0.39, 0.29) is 10.5 Å². The maximum absolute atomic E-state index is 13.0. The number of methoxy groups -OCH3 is 1. The van der Waals surface area contributed by atoms with Crippen molar-refractivity contribution in [1.29, 1.82) is 0 Å². The second-order valence-electron chi connectivity index (χ2n) is 3.70. The molecule has 68 valence electrons. The van der Waals surface area contributed by atoms with Crippen molar-refractivity contribution < 1.29 is 9.13 Å². The molecule has 0 radical (unpaired) electrons. The number of thiophene rings is 1. The molecule has 0 N–H and O–H groups in total. The smallest absolute Gasteiger partial charge is 0.218 e. The summed E-state index contributed by atoms with van der Waals surface area (Å²) >= 11 is 1.15. The lowest BCUT2D eigenvalue weighted by molar-refractivity contribution is 0.392. The molecule has 1 aromatic heterocycles. The third-order valence-corrected chi connectivity index (χ3v) is 2.95. The molecule has 0 spiro atoms. The fraction of sp³-hybridized carbons (Fsp3) is 0.556. The summed E-state index contributed by atoms with van der Waals surface area (Å²) in [7, 11) is 1.48. The molecule has 0 fully saturated rings. The molecule has 12 heavy (non-hydrogen) atoms. The molecule has 0 amide bonds. The molecule has 3 heteroatoms. The Bertz CT molecular complexity index is 273. The topological polar surface area (TPSA) is 9.23 Å². The molecule has 0 aliphatic carbocycles. The first-order valence-electron chi connectivity index (χ1n) is 3.79. The van der Waals surface area contributed by atoms with Gasteiger partial charge in [-0.3, -0.25) is 0 Å². The number of ether oxygens (including phenoxy) is 1. The maximum atomic E-state index is 13.0. The monoisotopic (exact) mass is 188 g/mol. The van der Waals surface area contributed by atoms with Crippen LogP contribution in [0.5, 0.6) is 5.75 Å². The average Bonchev–Trinajstić information content (AvgIpc) is 2.29. The maximum Gasteiger partial charge on any atom is 0.218 e. The van der Waals surface area contributed by atoms with Crippen LogP contribution >= 0.6 is 11.3 Å². The van der Waals surface area contributed by atoms with Crippen LogP contribution in [0.4, 0.5) is 4.39 Å². The predicted molar refractivity (Wildman–Crippen MR) is 49.5 cm³/mol. The van der Waals surface area contributed by atoms with Gasteiger partial charge in [-0.05, 0) is 11.5 Å². The van der Waals surface area contributed by atoms with Crippen molar-refractivity contribution in [2.24, 2.45) is 0 Å². The van der Waals surface area contributed by atoms with Gasteiger partial charge in [0.15, 0.2) is 5.75 Å². The minimum absolute atomic E-state index is 0.00227. The lowest BCUT2D eigenvalue weighted by Crippen LogP contribution is -2.07. The predicted octanol–water partition coefficient (Wildman–Crippen LogP) is 3.19. The highest BCUT2D eigenvalue weighted by Gasteiger charge is 2.19. The molecule has 1 aromatic rings. The van der Waals surface area contributed by atoms with Crippen molar-refractivity contribution in [1.82, 2.24) is 0 Å². The molecule has 0 saturated carbocycles. The van der Waals surface area contributed by atoms with Gasteiger partial charge in [0.2, 0.25) is 5.13 Å². The summed E-state index contributed by atoms with van der Waals surface area (Å²) in [6.45, 7) is 6.16. The van der Waals surface area contributed by atoms with Crippen LogP contribution < -0.4 is 4.74 Å². The van der Waals surface area contributed by atoms with Gasteiger partial charge in [0.1, 0.15) is 0 Å². The van der Waals surface area contributed by atoms with E-state index in [9.17, 15) is 4.39 Å². The van der Waals surface area contributed by atoms with Gasteiger partial charge in [0.25, 0.3) is 0 Å². The zero-order valence-corrected chi connectivity index (χ0v) is 8.59. The molecule has 0 aromatic carbocycles. The summed E-state index contributed by atoms with van der Waals surface area (Å²) in [5, 5.41) is -0.234. The van der Waals surface area contributed by atoms with Crippen LogP contribution in [0.2, 0.25) is 0 Å². The zero-order valence-electron chi connectivity index (χ0n) is 7.77. The zero-order chi connectivity index (χ0) is 9.35. The lowest BCUT2D eigenvalue weighted by atomic mass is 9.95. The average molecular weight is 188 g/mol. The highest BCUT2D eigenvalue weighted by Crippen LogP contribution is 2.35. The second-order valence-corrected chi connectivity index (χ2v) is 4.71. The number of rotatable bonds is 1. The SMILES string of the molecule is COc1cc(C(C)(C)C)sc1F. The van der Waals surface area contributed by atoms with Gasteiger partial charge in [-0.25, -0.2) is 0 Å². The fourth-order valence-corrected chi connectivity index (χ4v) is 1.77. The Morgan fingerprint density at radius 1 is 1.42 bits per heavy atom. The summed E-state index contributed by atoms with van der Waals surface area (Å²) in [6.07, 6.45) is 0. The summed E-state index contributed by atoms with van der Waals surface area (Å²) in [6, 6.07) is 1.76. The van der Waals surface area contributed by atoms with E-state index in [1.165, 1.54) is 7.11 Å². The normalized spacial score (nSPS) is 11.8. The first-order valence-corrected chi connectivity index (χ1v) is 4.60. The van der Waals surface area contributed by atoms with Gasteiger partial charge in [0, 0.05) is 4.88 Å². The quantitative estimate of drug-likeness (QED) is 0.657. The molecule has 0 bridgehead atoms. The summed E-state index contributed by atoms with van der Waals surface area (Å²) in [5.41, 5.74) is 0.00227. The van der Waals surface area contributed by atoms with Crippen LogP contribution in [0.15, 0.2) is 6.07 Å². The van der Waals surface area contributed by atoms with Crippen molar-refractivity contribution in [3.63, 3.8) is 0 Å². The van der Waals surface area contributed by atoms with E-state index < -0.39 is 0 Å². The van der Waals surface area contributed by atoms with E-state index >= 15 is 0 Å². The molecular weight excluding hydrogens is 175 g/mol. The Morgan fingerprint density at radius 2 is 2.00 bits per heavy atom. The van der Waals surface area contributed by atoms with E-state index in [4.69, 9.17) is 4.74 Å². The first-order chi connectivity index (χ1) is 5.45. The van der Waals surface area contributed by atoms with Crippen LogP contribution in [0, 0.1) is 5.13 Å². The highest BCUT2D eigenvalue weighted by atomic mass is 32.1. The van der Waals surface area contributed by atoms with Crippen LogP contribution in [-0.2, 0) is 5.41 Å². The largest absolute Gasteiger partial charge is 0.493 e. The van der Waals surface area contributed by atoms with Gasteiger partial charge in [-0.15, -0.1) is 11.3 Å². The molecule has 1 nitrogen and oxygen atoms in total. The van der Waals surface area contributed by atoms with Gasteiger partial charge in [-0.2, -0.15) is 4.39 Å². The van der Waals surface area contributed by atoms with E-state index in [1.54, 1.807) is 6.07 Å². The standard InChI is InChI=1S/C9H13FOS/c1-9(2,3)7-5-6(11-4)8(10)12-7/h5H,1-4H3. The summed E-state index contributed by atoms with van der Waals surface area (Å²) in [4.78, 5) is 1.01. The molecule has 0 unspecified atom stereocenters. The van der Waals surface area contributed by atoms with E-state index in [2.05, 4.69) is 20.8 Å². The van der Waals surface area contributed by atoms with Gasteiger partial charge in [-0.1, -0.05) is 20.8 Å². The minimum atomic E-state index is -0.234. The van der Waals surface area contributed by atoms with Crippen LogP contribution in [0.3, 0.4) is 0 Å². The van der Waals surface area contributed by atoms with Crippen molar-refractivity contribution in [3.05, 3.63) is 16.1 Å². The Balaban J connectivity index is 3.05. The summed E-state index contributed by atoms with van der Waals surface area (Å²) < 4.78 is 17.9. The van der Waals surface area contributed by atoms with E-state index in [0.717, 1.165) is 16.2 Å². The van der Waals surface area contributed by atoms with E-state index in [0.29, 0.717) is 5.75 Å². The number of hydrogen-bond donors (Lipinski definition) is 0. The molecule has 0 aliphatic heterocycles. The van der Waals surface area contributed by atoms with Gasteiger partial charge < -0.3 is 4.74 Å². The summed E-state index contributed by atoms with van der Waals surface area (Å²) in [5.74, 6) is 0.352. The minimum Gasteiger partial charge on any atom is -0.493 e. The Kier molecular flexibility index (Phi) is 2.42.